The molecule has 0 spiro atoms. The van der Waals surface area contributed by atoms with Crippen molar-refractivity contribution in [2.24, 2.45) is 5.73 Å². The van der Waals surface area contributed by atoms with Crippen LogP contribution >= 0.6 is 11.3 Å². The van der Waals surface area contributed by atoms with E-state index in [1.54, 1.807) is 36.0 Å². The highest BCUT2D eigenvalue weighted by molar-refractivity contribution is 7.13. The third kappa shape index (κ3) is 3.87. The van der Waals surface area contributed by atoms with Crippen LogP contribution in [0.5, 0.6) is 0 Å². The monoisotopic (exact) mass is 326 g/mol. The van der Waals surface area contributed by atoms with Gasteiger partial charge in [0, 0.05) is 29.9 Å². The molecule has 3 aromatic rings. The average molecular weight is 326 g/mol. The van der Waals surface area contributed by atoms with Gasteiger partial charge in [-0.2, -0.15) is 0 Å². The zero-order valence-electron chi connectivity index (χ0n) is 12.1. The average Bonchev–Trinajstić information content (AvgIpc) is 3.04. The molecule has 0 fully saturated rings. The second-order valence-electron chi connectivity index (χ2n) is 4.57. The predicted molar refractivity (Wildman–Crippen MR) is 90.1 cm³/mol. The van der Waals surface area contributed by atoms with E-state index < -0.39 is 6.03 Å². The Balaban J connectivity index is 1.65. The number of carbonyl (C=O) groups is 1. The number of hydrogen-bond acceptors (Lipinski definition) is 6. The van der Waals surface area contributed by atoms with Gasteiger partial charge in [0.25, 0.3) is 0 Å². The highest BCUT2D eigenvalue weighted by Gasteiger charge is 2.08. The molecule has 0 aromatic carbocycles. The van der Waals surface area contributed by atoms with Crippen LogP contribution in [-0.2, 0) is 6.54 Å². The molecular formula is C15H14N6OS. The van der Waals surface area contributed by atoms with E-state index in [-0.39, 0.29) is 0 Å². The standard InChI is InChI=1S/C15H14N6OS/c16-8-11-2-1-3-12(18-11)20-15(22)21-13-9-23-14(19-13)10-4-6-17-7-5-10/h1-7,9H,8,16H2,(H2,18,20,21,22). The van der Waals surface area contributed by atoms with Crippen LogP contribution in [0.3, 0.4) is 0 Å². The summed E-state index contributed by atoms with van der Waals surface area (Å²) >= 11 is 1.44. The van der Waals surface area contributed by atoms with Crippen molar-refractivity contribution in [3.8, 4) is 10.6 Å². The SMILES string of the molecule is NCc1cccc(NC(=O)Nc2csc(-c3ccncc3)n2)n1. The second kappa shape index (κ2) is 6.95. The number of nitrogens with two attached hydrogens (primary N) is 1. The molecule has 0 aliphatic carbocycles. The Morgan fingerprint density at radius 3 is 2.65 bits per heavy atom. The van der Waals surface area contributed by atoms with Crippen molar-refractivity contribution in [3.63, 3.8) is 0 Å². The lowest BCUT2D eigenvalue weighted by molar-refractivity contribution is 0.262. The van der Waals surface area contributed by atoms with Crippen molar-refractivity contribution in [1.82, 2.24) is 15.0 Å². The number of nitrogens with one attached hydrogen (secondary N) is 2. The summed E-state index contributed by atoms with van der Waals surface area (Å²) in [6.45, 7) is 0.318. The molecule has 2 amide bonds. The van der Waals surface area contributed by atoms with Crippen LogP contribution in [0.1, 0.15) is 5.69 Å². The first-order valence-electron chi connectivity index (χ1n) is 6.84. The predicted octanol–water partition coefficient (Wildman–Crippen LogP) is 2.70. The van der Waals surface area contributed by atoms with E-state index >= 15 is 0 Å². The first-order chi connectivity index (χ1) is 11.2. The first kappa shape index (κ1) is 15.1. The van der Waals surface area contributed by atoms with Gasteiger partial charge in [0.05, 0.1) is 5.69 Å². The number of rotatable bonds is 4. The number of nitrogens with zero attached hydrogens (tertiary/aromatic N) is 3. The molecule has 3 heterocycles. The number of thiazole rings is 1. The zero-order valence-corrected chi connectivity index (χ0v) is 12.9. The molecule has 0 aliphatic rings. The second-order valence-corrected chi connectivity index (χ2v) is 5.43. The summed E-state index contributed by atoms with van der Waals surface area (Å²) in [6.07, 6.45) is 3.40. The molecule has 0 radical (unpaired) electrons. The van der Waals surface area contributed by atoms with Gasteiger partial charge in [-0.15, -0.1) is 11.3 Å². The van der Waals surface area contributed by atoms with E-state index in [4.69, 9.17) is 5.73 Å². The molecule has 0 saturated heterocycles. The molecule has 0 atom stereocenters. The number of hydrogen-bond donors (Lipinski definition) is 3. The van der Waals surface area contributed by atoms with Crippen molar-refractivity contribution < 1.29 is 4.79 Å². The summed E-state index contributed by atoms with van der Waals surface area (Å²) in [4.78, 5) is 24.5. The summed E-state index contributed by atoms with van der Waals surface area (Å²) in [5.74, 6) is 0.921. The van der Waals surface area contributed by atoms with E-state index in [0.29, 0.717) is 23.9 Å². The van der Waals surface area contributed by atoms with Crippen LogP contribution in [0, 0.1) is 0 Å². The normalized spacial score (nSPS) is 10.3. The number of amides is 2. The number of aromatic nitrogens is 3. The summed E-state index contributed by atoms with van der Waals surface area (Å²) < 4.78 is 0. The van der Waals surface area contributed by atoms with Crippen LogP contribution in [0.2, 0.25) is 0 Å². The van der Waals surface area contributed by atoms with Crippen molar-refractivity contribution in [2.75, 3.05) is 10.6 Å². The fourth-order valence-electron chi connectivity index (χ4n) is 1.89. The smallest absolute Gasteiger partial charge is 0.325 e. The molecule has 0 aliphatic heterocycles. The van der Waals surface area contributed by atoms with Gasteiger partial charge in [-0.05, 0) is 24.3 Å². The van der Waals surface area contributed by atoms with E-state index in [1.807, 2.05) is 12.1 Å². The molecule has 8 heteroatoms. The first-order valence-corrected chi connectivity index (χ1v) is 7.72. The third-order valence-electron chi connectivity index (χ3n) is 2.93. The van der Waals surface area contributed by atoms with Crippen LogP contribution < -0.4 is 16.4 Å². The van der Waals surface area contributed by atoms with Crippen LogP contribution in [-0.4, -0.2) is 21.0 Å². The van der Waals surface area contributed by atoms with E-state index in [0.717, 1.165) is 10.6 Å². The lowest BCUT2D eigenvalue weighted by atomic mass is 10.3. The minimum absolute atomic E-state index is 0.318. The Morgan fingerprint density at radius 1 is 1.09 bits per heavy atom. The molecule has 23 heavy (non-hydrogen) atoms. The molecule has 0 saturated carbocycles. The lowest BCUT2D eigenvalue weighted by Gasteiger charge is -2.05. The maximum atomic E-state index is 12.0. The van der Waals surface area contributed by atoms with Crippen molar-refractivity contribution in [3.05, 3.63) is 53.8 Å². The Labute approximate surface area is 136 Å². The number of urea groups is 1. The third-order valence-corrected chi connectivity index (χ3v) is 3.82. The summed E-state index contributed by atoms with van der Waals surface area (Å²) in [5, 5.41) is 7.92. The maximum absolute atomic E-state index is 12.0. The topological polar surface area (TPSA) is 106 Å². The van der Waals surface area contributed by atoms with E-state index in [9.17, 15) is 4.79 Å². The minimum Gasteiger partial charge on any atom is -0.325 e. The number of pyridine rings is 2. The van der Waals surface area contributed by atoms with Crippen molar-refractivity contribution in [2.45, 2.75) is 6.54 Å². The molecule has 4 N–H and O–H groups in total. The van der Waals surface area contributed by atoms with Gasteiger partial charge >= 0.3 is 6.03 Å². The number of carbonyl (C=O) groups excluding carboxylic acids is 1. The van der Waals surface area contributed by atoms with Crippen LogP contribution in [0.25, 0.3) is 10.6 Å². The largest absolute Gasteiger partial charge is 0.326 e. The summed E-state index contributed by atoms with van der Waals surface area (Å²) in [5.41, 5.74) is 7.19. The maximum Gasteiger partial charge on any atom is 0.326 e. The Morgan fingerprint density at radius 2 is 1.87 bits per heavy atom. The molecule has 3 rings (SSSR count). The molecule has 7 nitrogen and oxygen atoms in total. The van der Waals surface area contributed by atoms with E-state index in [2.05, 4.69) is 25.6 Å². The lowest BCUT2D eigenvalue weighted by Crippen LogP contribution is -2.20. The van der Waals surface area contributed by atoms with E-state index in [1.165, 1.54) is 11.3 Å². The van der Waals surface area contributed by atoms with Crippen LogP contribution in [0.4, 0.5) is 16.4 Å². The van der Waals surface area contributed by atoms with Gasteiger partial charge < -0.3 is 5.73 Å². The highest BCUT2D eigenvalue weighted by atomic mass is 32.1. The van der Waals surface area contributed by atoms with Crippen molar-refractivity contribution in [1.29, 1.82) is 0 Å². The molecule has 0 bridgehead atoms. The summed E-state index contributed by atoms with van der Waals surface area (Å²) in [6, 6.07) is 8.61. The zero-order chi connectivity index (χ0) is 16.1. The fourth-order valence-corrected chi connectivity index (χ4v) is 2.64. The highest BCUT2D eigenvalue weighted by Crippen LogP contribution is 2.25. The van der Waals surface area contributed by atoms with Crippen LogP contribution in [0.15, 0.2) is 48.1 Å². The van der Waals surface area contributed by atoms with Gasteiger partial charge in [0.1, 0.15) is 16.6 Å². The molecule has 3 aromatic heterocycles. The summed E-state index contributed by atoms with van der Waals surface area (Å²) in [7, 11) is 0. The fraction of sp³-hybridized carbons (Fsp3) is 0.0667. The Bertz CT molecular complexity index is 804. The Hall–Kier alpha value is -2.84. The molecule has 116 valence electrons. The Kier molecular flexibility index (Phi) is 4.55. The molecule has 0 unspecified atom stereocenters. The quantitative estimate of drug-likeness (QED) is 0.683. The van der Waals surface area contributed by atoms with Gasteiger partial charge in [-0.3, -0.25) is 15.6 Å². The minimum atomic E-state index is -0.404. The number of anilines is 2. The van der Waals surface area contributed by atoms with Gasteiger partial charge in [0.2, 0.25) is 0 Å². The van der Waals surface area contributed by atoms with Gasteiger partial charge in [-0.25, -0.2) is 14.8 Å². The van der Waals surface area contributed by atoms with Crippen molar-refractivity contribution >= 4 is 29.0 Å². The van der Waals surface area contributed by atoms with Gasteiger partial charge in [0.15, 0.2) is 0 Å². The van der Waals surface area contributed by atoms with Gasteiger partial charge in [-0.1, -0.05) is 6.07 Å². The molecular weight excluding hydrogens is 312 g/mol.